The molecule has 4 aliphatic heterocycles. The molecule has 3 N–H and O–H groups in total. The van der Waals surface area contributed by atoms with E-state index in [1.807, 2.05) is 32.9 Å². The van der Waals surface area contributed by atoms with Gasteiger partial charge in [0.05, 0.1) is 104 Å². The molecule has 0 aliphatic carbocycles. The molecule has 0 unspecified atom stereocenters. The molecule has 10 rings (SSSR count). The van der Waals surface area contributed by atoms with E-state index in [0.717, 1.165) is 56.9 Å². The van der Waals surface area contributed by atoms with Crippen molar-refractivity contribution in [2.24, 2.45) is 5.73 Å². The number of carbonyl (C=O) groups excluding carboxylic acids is 4. The molecular formula is C60H69N5O17. The normalized spacial score (nSPS) is 17.1. The van der Waals surface area contributed by atoms with Gasteiger partial charge < -0.3 is 67.3 Å². The Morgan fingerprint density at radius 1 is 0.585 bits per heavy atom. The summed E-state index contributed by atoms with van der Waals surface area (Å²) in [6.45, 7) is 14.8. The Kier molecular flexibility index (Phi) is 18.4. The molecule has 8 heterocycles. The predicted octanol–water partition coefficient (Wildman–Crippen LogP) is 7.05. The van der Waals surface area contributed by atoms with Gasteiger partial charge in [-0.15, -0.1) is 0 Å². The monoisotopic (exact) mass is 1130 g/mol. The lowest BCUT2D eigenvalue weighted by atomic mass is 9.85. The molecule has 0 amide bonds. The van der Waals surface area contributed by atoms with E-state index >= 15 is 0 Å². The van der Waals surface area contributed by atoms with E-state index in [1.165, 1.54) is 0 Å². The summed E-state index contributed by atoms with van der Waals surface area (Å²) in [5.74, 6) is -1.39. The standard InChI is InChI=1S/C31H36N2O8.C29H33N3O9/c1-5-10-37-11-12-38-13-14-39-30(36)41-31(7-3)24-16-26-27-22(17-33(26)28(34)23(24)18-40-29(31)35)20(6-2)21-15-19(4)8-9-25(21)32-27;1-3-18-19-13-17(33)5-6-23(19)31-25-20(18)15-32-24(25)14-22-21(26(32)34)16-40-27(35)29(22,4-2)41-28(36)39-12-11-38-10-9-37-8-7-30/h8-9,15-16H,5-7,10-14,17-18H2,1-4H3;5-6,13-14,33H,3-4,7-12,15-16,30H2,1-2H3/t31-;29-/m00/s1. The van der Waals surface area contributed by atoms with Gasteiger partial charge in [0.25, 0.3) is 11.1 Å². The number of phenolic OH excluding ortho intramolecular Hbond substituents is 1. The van der Waals surface area contributed by atoms with Gasteiger partial charge in [-0.1, -0.05) is 46.2 Å². The van der Waals surface area contributed by atoms with Crippen LogP contribution in [0.5, 0.6) is 5.75 Å². The average Bonchev–Trinajstić information content (AvgIpc) is 2.79. The fraction of sp³-hybridized carbons (Fsp3) is 0.467. The lowest BCUT2D eigenvalue weighted by Gasteiger charge is -2.35. The van der Waals surface area contributed by atoms with Crippen molar-refractivity contribution in [3.8, 4) is 28.5 Å². The highest BCUT2D eigenvalue weighted by molar-refractivity contribution is 5.92. The van der Waals surface area contributed by atoms with E-state index in [4.69, 9.17) is 63.1 Å². The van der Waals surface area contributed by atoms with Crippen molar-refractivity contribution >= 4 is 46.1 Å². The zero-order valence-corrected chi connectivity index (χ0v) is 47.1. The van der Waals surface area contributed by atoms with Crippen molar-refractivity contribution in [3.05, 3.63) is 119 Å². The zero-order valence-electron chi connectivity index (χ0n) is 47.1. The van der Waals surface area contributed by atoms with Gasteiger partial charge in [0, 0.05) is 46.2 Å². The number of ether oxygens (including phenoxy) is 10. The summed E-state index contributed by atoms with van der Waals surface area (Å²) in [4.78, 5) is 89.1. The first-order valence-corrected chi connectivity index (χ1v) is 27.9. The predicted molar refractivity (Wildman–Crippen MR) is 297 cm³/mol. The quantitative estimate of drug-likeness (QED) is 0.0390. The molecule has 6 aromatic rings. The number of benzene rings is 2. The molecule has 0 bridgehead atoms. The fourth-order valence-electron chi connectivity index (χ4n) is 11.1. The third-order valence-corrected chi connectivity index (χ3v) is 15.2. The second-order valence-electron chi connectivity index (χ2n) is 20.0. The van der Waals surface area contributed by atoms with Gasteiger partial charge in [0.2, 0.25) is 11.2 Å². The molecule has 22 nitrogen and oxygen atoms in total. The Labute approximate surface area is 472 Å². The number of nitrogens with two attached hydrogens (primary N) is 1. The van der Waals surface area contributed by atoms with E-state index in [-0.39, 0.29) is 92.6 Å². The second-order valence-corrected chi connectivity index (χ2v) is 20.0. The number of fused-ring (bicyclic) bond motifs is 10. The summed E-state index contributed by atoms with van der Waals surface area (Å²) < 4.78 is 57.0. The third kappa shape index (κ3) is 11.3. The summed E-state index contributed by atoms with van der Waals surface area (Å²) in [6, 6.07) is 14.5. The number of hydrogen-bond donors (Lipinski definition) is 2. The molecule has 4 aromatic heterocycles. The SMILES string of the molecule is CCCOCCOCCOC(=O)O[C@]1(CC)C(=O)OCc2c1cc1n(c2=O)Cc2c-1nc1ccc(C)cc1c2CC.CCc1c2c(nc3ccc(O)cc13)-c1cc3c(c(=O)n1C2)COC(=O)[C@@]3(CC)OC(=O)OCCOCCOCCN. The van der Waals surface area contributed by atoms with E-state index in [9.17, 15) is 33.9 Å². The largest absolute Gasteiger partial charge is 0.509 e. The van der Waals surface area contributed by atoms with Gasteiger partial charge >= 0.3 is 24.2 Å². The maximum Gasteiger partial charge on any atom is 0.509 e. The first-order valence-electron chi connectivity index (χ1n) is 27.9. The molecule has 2 aromatic carbocycles. The Morgan fingerprint density at radius 2 is 1.02 bits per heavy atom. The number of cyclic esters (lactones) is 2. The topological polar surface area (TPSA) is 277 Å². The minimum Gasteiger partial charge on any atom is -0.508 e. The van der Waals surface area contributed by atoms with Crippen LogP contribution < -0.4 is 16.9 Å². The minimum absolute atomic E-state index is 0.0172. The maximum atomic E-state index is 13.8. The van der Waals surface area contributed by atoms with Crippen LogP contribution in [0.25, 0.3) is 44.6 Å². The number of esters is 2. The third-order valence-electron chi connectivity index (χ3n) is 15.2. The van der Waals surface area contributed by atoms with E-state index in [1.54, 1.807) is 53.3 Å². The van der Waals surface area contributed by atoms with Gasteiger partial charge in [-0.05, 0) is 92.6 Å². The summed E-state index contributed by atoms with van der Waals surface area (Å²) in [5, 5.41) is 12.0. The number of aryl methyl sites for hydroxylation is 3. The summed E-state index contributed by atoms with van der Waals surface area (Å²) in [7, 11) is 0. The Morgan fingerprint density at radius 3 is 1.48 bits per heavy atom. The molecule has 0 saturated heterocycles. The summed E-state index contributed by atoms with van der Waals surface area (Å²) >= 11 is 0. The molecule has 0 radical (unpaired) electrons. The average molecular weight is 1130 g/mol. The van der Waals surface area contributed by atoms with Crippen LogP contribution in [0.1, 0.15) is 104 Å². The molecular weight excluding hydrogens is 1060 g/mol. The van der Waals surface area contributed by atoms with Crippen LogP contribution in [-0.2, 0) is 107 Å². The number of nitrogens with zero attached hydrogens (tertiary/aromatic N) is 4. The van der Waals surface area contributed by atoms with Crippen molar-refractivity contribution in [2.45, 2.75) is 111 Å². The highest BCUT2D eigenvalue weighted by Crippen LogP contribution is 2.44. The van der Waals surface area contributed by atoms with E-state index in [2.05, 4.69) is 13.0 Å². The lowest BCUT2D eigenvalue weighted by Crippen LogP contribution is -2.47. The molecule has 82 heavy (non-hydrogen) atoms. The molecule has 436 valence electrons. The van der Waals surface area contributed by atoms with Gasteiger partial charge in [0.15, 0.2) is 0 Å². The van der Waals surface area contributed by atoms with Gasteiger partial charge in [-0.25, -0.2) is 29.1 Å². The van der Waals surface area contributed by atoms with Crippen LogP contribution >= 0.6 is 0 Å². The number of pyridine rings is 4. The van der Waals surface area contributed by atoms with Crippen LogP contribution in [0.3, 0.4) is 0 Å². The fourth-order valence-corrected chi connectivity index (χ4v) is 11.1. The van der Waals surface area contributed by atoms with Crippen LogP contribution in [-0.4, -0.2) is 121 Å². The Bertz CT molecular complexity index is 3330. The molecule has 22 heteroatoms. The lowest BCUT2D eigenvalue weighted by molar-refractivity contribution is -0.176. The minimum atomic E-state index is -1.87. The van der Waals surface area contributed by atoms with Crippen LogP contribution in [0.2, 0.25) is 0 Å². The maximum absolute atomic E-state index is 13.8. The first kappa shape index (κ1) is 58.9. The Hall–Kier alpha value is -7.76. The van der Waals surface area contributed by atoms with Crippen molar-refractivity contribution < 1.29 is 71.7 Å². The van der Waals surface area contributed by atoms with Gasteiger partial charge in [-0.3, -0.25) is 9.59 Å². The molecule has 4 aliphatic rings. The molecule has 0 saturated carbocycles. The number of hydrogen-bond acceptors (Lipinski definition) is 20. The second kappa shape index (κ2) is 25.6. The van der Waals surface area contributed by atoms with Crippen molar-refractivity contribution in [3.63, 3.8) is 0 Å². The number of aromatic nitrogens is 4. The summed E-state index contributed by atoms with van der Waals surface area (Å²) in [5.41, 5.74) is 11.1. The van der Waals surface area contributed by atoms with Gasteiger partial charge in [-0.2, -0.15) is 0 Å². The van der Waals surface area contributed by atoms with E-state index in [0.29, 0.717) is 93.0 Å². The molecule has 0 spiro atoms. The highest BCUT2D eigenvalue weighted by Gasteiger charge is 2.52. The van der Waals surface area contributed by atoms with Crippen molar-refractivity contribution in [2.75, 3.05) is 72.6 Å². The number of aromatic hydroxyl groups is 1. The number of rotatable bonds is 22. The smallest absolute Gasteiger partial charge is 0.508 e. The highest BCUT2D eigenvalue weighted by atomic mass is 16.8. The zero-order chi connectivity index (χ0) is 58.3. The number of phenols is 1. The van der Waals surface area contributed by atoms with Crippen LogP contribution in [0.4, 0.5) is 9.59 Å². The van der Waals surface area contributed by atoms with Crippen molar-refractivity contribution in [1.29, 1.82) is 0 Å². The number of carbonyl (C=O) groups is 4. The molecule has 0 fully saturated rings. The van der Waals surface area contributed by atoms with E-state index < -0.39 is 35.5 Å². The van der Waals surface area contributed by atoms with Crippen LogP contribution in [0, 0.1) is 6.92 Å². The van der Waals surface area contributed by atoms with Crippen LogP contribution in [0.15, 0.2) is 58.1 Å². The Balaban J connectivity index is 0.000000198. The van der Waals surface area contributed by atoms with Gasteiger partial charge in [0.1, 0.15) is 32.2 Å². The van der Waals surface area contributed by atoms with Crippen molar-refractivity contribution in [1.82, 2.24) is 19.1 Å². The summed E-state index contributed by atoms with van der Waals surface area (Å²) in [6.07, 6.45) is 0.303. The first-order chi connectivity index (χ1) is 39.7. The molecule has 2 atom stereocenters.